The van der Waals surface area contributed by atoms with Gasteiger partial charge in [-0.05, 0) is 104 Å². The van der Waals surface area contributed by atoms with Crippen molar-refractivity contribution >= 4 is 5.97 Å². The molecule has 4 rings (SSSR count). The molecule has 2 saturated carbocycles. The second kappa shape index (κ2) is 10.4. The van der Waals surface area contributed by atoms with Gasteiger partial charge in [0.25, 0.3) is 0 Å². The number of benzene rings is 2. The van der Waals surface area contributed by atoms with Crippen molar-refractivity contribution in [3.05, 3.63) is 59.4 Å². The standard InChI is InChI=1S/C27H33FO4/c1-30-22-12-13-26(28)25(15-22)20-8-6-18(7-9-20)17-32-23-5-3-4-21(14-23)24(19-10-11-19)16-27(29)31-2/h3-5,12-15,18-20,24H,6-11,16-17H2,1-2H3/t18-,20-,24-/m0/s1. The normalized spacial score (nSPS) is 21.6. The molecule has 2 fully saturated rings. The highest BCUT2D eigenvalue weighted by Gasteiger charge is 2.34. The first-order valence-electron chi connectivity index (χ1n) is 11.7. The predicted octanol–water partition coefficient (Wildman–Crippen LogP) is 6.24. The summed E-state index contributed by atoms with van der Waals surface area (Å²) in [5.41, 5.74) is 1.93. The zero-order valence-corrected chi connectivity index (χ0v) is 19.0. The van der Waals surface area contributed by atoms with E-state index in [1.165, 1.54) is 26.0 Å². The molecule has 2 aromatic rings. The lowest BCUT2D eigenvalue weighted by atomic mass is 9.79. The van der Waals surface area contributed by atoms with Crippen LogP contribution in [0.15, 0.2) is 42.5 Å². The van der Waals surface area contributed by atoms with Gasteiger partial charge in [0.1, 0.15) is 17.3 Å². The number of carbonyl (C=O) groups is 1. The van der Waals surface area contributed by atoms with Crippen molar-refractivity contribution in [3.8, 4) is 11.5 Å². The van der Waals surface area contributed by atoms with Gasteiger partial charge in [0.05, 0.1) is 27.2 Å². The van der Waals surface area contributed by atoms with Gasteiger partial charge in [-0.1, -0.05) is 12.1 Å². The first kappa shape index (κ1) is 22.6. The smallest absolute Gasteiger partial charge is 0.306 e. The highest BCUT2D eigenvalue weighted by atomic mass is 19.1. The van der Waals surface area contributed by atoms with Gasteiger partial charge in [0.15, 0.2) is 0 Å². The zero-order chi connectivity index (χ0) is 22.5. The SMILES string of the molecule is COC(=O)C[C@H](c1cccc(OC[C@H]2CC[C@H](c3cc(OC)ccc3F)CC2)c1)C1CC1. The van der Waals surface area contributed by atoms with E-state index in [2.05, 4.69) is 12.1 Å². The molecule has 2 aromatic carbocycles. The van der Waals surface area contributed by atoms with E-state index in [0.717, 1.165) is 42.6 Å². The fourth-order valence-electron chi connectivity index (χ4n) is 4.97. The molecule has 0 N–H and O–H groups in total. The summed E-state index contributed by atoms with van der Waals surface area (Å²) in [4.78, 5) is 11.8. The molecule has 0 radical (unpaired) electrons. The lowest BCUT2D eigenvalue weighted by Crippen LogP contribution is -2.20. The highest BCUT2D eigenvalue weighted by Crippen LogP contribution is 2.45. The average molecular weight is 441 g/mol. The molecular weight excluding hydrogens is 407 g/mol. The summed E-state index contributed by atoms with van der Waals surface area (Å²) in [5.74, 6) is 2.76. The molecule has 32 heavy (non-hydrogen) atoms. The average Bonchev–Trinajstić information content (AvgIpc) is 3.67. The number of methoxy groups -OCH3 is 2. The van der Waals surface area contributed by atoms with E-state index >= 15 is 0 Å². The van der Waals surface area contributed by atoms with Crippen LogP contribution in [0.2, 0.25) is 0 Å². The molecule has 0 saturated heterocycles. The maximum Gasteiger partial charge on any atom is 0.306 e. The topological polar surface area (TPSA) is 44.8 Å². The van der Waals surface area contributed by atoms with E-state index in [1.807, 2.05) is 18.2 Å². The minimum atomic E-state index is -0.155. The Morgan fingerprint density at radius 3 is 2.47 bits per heavy atom. The third-order valence-electron chi connectivity index (χ3n) is 7.07. The van der Waals surface area contributed by atoms with Crippen molar-refractivity contribution in [2.75, 3.05) is 20.8 Å². The summed E-state index contributed by atoms with van der Waals surface area (Å²) >= 11 is 0. The summed E-state index contributed by atoms with van der Waals surface area (Å²) in [6.07, 6.45) is 6.73. The third-order valence-corrected chi connectivity index (χ3v) is 7.07. The van der Waals surface area contributed by atoms with Crippen molar-refractivity contribution in [1.29, 1.82) is 0 Å². The second-order valence-electron chi connectivity index (χ2n) is 9.21. The van der Waals surface area contributed by atoms with Crippen LogP contribution in [-0.2, 0) is 9.53 Å². The number of rotatable bonds is 9. The molecule has 1 atom stereocenters. The molecule has 5 heteroatoms. The number of halogens is 1. The molecule has 2 aliphatic carbocycles. The molecule has 2 aliphatic rings. The van der Waals surface area contributed by atoms with Crippen LogP contribution in [0.25, 0.3) is 0 Å². The number of esters is 1. The molecule has 0 aromatic heterocycles. The van der Waals surface area contributed by atoms with Gasteiger partial charge in [0.2, 0.25) is 0 Å². The zero-order valence-electron chi connectivity index (χ0n) is 19.0. The molecule has 0 spiro atoms. The van der Waals surface area contributed by atoms with Crippen molar-refractivity contribution in [2.45, 2.75) is 56.8 Å². The maximum atomic E-state index is 14.3. The van der Waals surface area contributed by atoms with E-state index in [0.29, 0.717) is 30.6 Å². The maximum absolute atomic E-state index is 14.3. The number of carbonyl (C=O) groups excluding carboxylic acids is 1. The Labute approximate surface area is 190 Å². The Balaban J connectivity index is 1.31. The van der Waals surface area contributed by atoms with Gasteiger partial charge in [-0.25, -0.2) is 4.39 Å². The van der Waals surface area contributed by atoms with E-state index in [9.17, 15) is 9.18 Å². The first-order chi connectivity index (χ1) is 15.6. The van der Waals surface area contributed by atoms with Crippen LogP contribution in [0.3, 0.4) is 0 Å². The van der Waals surface area contributed by atoms with Crippen LogP contribution >= 0.6 is 0 Å². The van der Waals surface area contributed by atoms with Gasteiger partial charge in [-0.3, -0.25) is 4.79 Å². The Morgan fingerprint density at radius 1 is 1.00 bits per heavy atom. The van der Waals surface area contributed by atoms with Crippen molar-refractivity contribution in [1.82, 2.24) is 0 Å². The molecule has 0 heterocycles. The fraction of sp³-hybridized carbons (Fsp3) is 0.519. The van der Waals surface area contributed by atoms with Gasteiger partial charge in [-0.15, -0.1) is 0 Å². The lowest BCUT2D eigenvalue weighted by Gasteiger charge is -2.29. The number of hydrogen-bond acceptors (Lipinski definition) is 4. The number of hydrogen-bond donors (Lipinski definition) is 0. The monoisotopic (exact) mass is 440 g/mol. The van der Waals surface area contributed by atoms with E-state index < -0.39 is 0 Å². The van der Waals surface area contributed by atoms with Crippen molar-refractivity contribution < 1.29 is 23.4 Å². The summed E-state index contributed by atoms with van der Waals surface area (Å²) in [6.45, 7) is 0.669. The summed E-state index contributed by atoms with van der Waals surface area (Å²) in [5, 5.41) is 0. The molecule has 172 valence electrons. The van der Waals surface area contributed by atoms with Crippen LogP contribution in [-0.4, -0.2) is 26.8 Å². The number of ether oxygens (including phenoxy) is 3. The first-order valence-corrected chi connectivity index (χ1v) is 11.7. The largest absolute Gasteiger partial charge is 0.497 e. The molecule has 0 bridgehead atoms. The molecule has 0 aliphatic heterocycles. The van der Waals surface area contributed by atoms with Crippen LogP contribution in [0.5, 0.6) is 11.5 Å². The Kier molecular flexibility index (Phi) is 7.33. The summed E-state index contributed by atoms with van der Waals surface area (Å²) < 4.78 is 30.6. The van der Waals surface area contributed by atoms with Gasteiger partial charge in [-0.2, -0.15) is 0 Å². The fourth-order valence-corrected chi connectivity index (χ4v) is 4.97. The minimum Gasteiger partial charge on any atom is -0.497 e. The van der Waals surface area contributed by atoms with E-state index in [1.54, 1.807) is 13.2 Å². The third kappa shape index (κ3) is 5.62. The van der Waals surface area contributed by atoms with Crippen LogP contribution in [0.1, 0.15) is 67.9 Å². The lowest BCUT2D eigenvalue weighted by molar-refractivity contribution is -0.141. The molecule has 0 amide bonds. The Morgan fingerprint density at radius 2 is 1.78 bits per heavy atom. The van der Waals surface area contributed by atoms with E-state index in [4.69, 9.17) is 14.2 Å². The van der Waals surface area contributed by atoms with Crippen LogP contribution in [0, 0.1) is 17.7 Å². The predicted molar refractivity (Wildman–Crippen MR) is 122 cm³/mol. The minimum absolute atomic E-state index is 0.139. The second-order valence-corrected chi connectivity index (χ2v) is 9.21. The summed E-state index contributed by atoms with van der Waals surface area (Å²) in [7, 11) is 3.06. The molecule has 0 unspecified atom stereocenters. The Bertz CT molecular complexity index is 916. The Hall–Kier alpha value is -2.56. The van der Waals surface area contributed by atoms with E-state index in [-0.39, 0.29) is 23.6 Å². The van der Waals surface area contributed by atoms with Crippen LogP contribution in [0.4, 0.5) is 4.39 Å². The van der Waals surface area contributed by atoms with Crippen molar-refractivity contribution in [3.63, 3.8) is 0 Å². The van der Waals surface area contributed by atoms with Gasteiger partial charge < -0.3 is 14.2 Å². The highest BCUT2D eigenvalue weighted by molar-refractivity contribution is 5.70. The molecule has 4 nitrogen and oxygen atoms in total. The van der Waals surface area contributed by atoms with Crippen LogP contribution < -0.4 is 9.47 Å². The van der Waals surface area contributed by atoms with Gasteiger partial charge in [0, 0.05) is 0 Å². The van der Waals surface area contributed by atoms with Crippen molar-refractivity contribution in [2.24, 2.45) is 11.8 Å². The van der Waals surface area contributed by atoms with Gasteiger partial charge >= 0.3 is 5.97 Å². The summed E-state index contributed by atoms with van der Waals surface area (Å²) in [6, 6.07) is 13.2. The molecular formula is C27H33FO4. The quantitative estimate of drug-likeness (QED) is 0.433.